The molecule has 1 N–H and O–H groups in total. The lowest BCUT2D eigenvalue weighted by atomic mass is 9.69. The number of fused-ring (bicyclic) bond motifs is 2. The van der Waals surface area contributed by atoms with E-state index < -0.39 is 0 Å². The van der Waals surface area contributed by atoms with Crippen LogP contribution in [0, 0.1) is 5.41 Å². The molecule has 0 spiro atoms. The third-order valence-electron chi connectivity index (χ3n) is 5.80. The van der Waals surface area contributed by atoms with E-state index in [-0.39, 0.29) is 23.9 Å². The molecule has 1 unspecified atom stereocenters. The van der Waals surface area contributed by atoms with Crippen LogP contribution < -0.4 is 14.8 Å². The van der Waals surface area contributed by atoms with E-state index in [1.54, 1.807) is 11.8 Å². The third-order valence-corrected chi connectivity index (χ3v) is 6.54. The van der Waals surface area contributed by atoms with Crippen LogP contribution in [-0.2, 0) is 4.79 Å². The number of hydrogen-bond donors (Lipinski definition) is 1. The van der Waals surface area contributed by atoms with Gasteiger partial charge in [-0.3, -0.25) is 4.79 Å². The van der Waals surface area contributed by atoms with Crippen LogP contribution in [0.5, 0.6) is 11.5 Å². The molecule has 4 nitrogen and oxygen atoms in total. The predicted octanol–water partition coefficient (Wildman–Crippen LogP) is 5.34. The van der Waals surface area contributed by atoms with Gasteiger partial charge in [-0.1, -0.05) is 26.0 Å². The molecule has 1 aliphatic carbocycles. The van der Waals surface area contributed by atoms with Gasteiger partial charge in [-0.2, -0.15) is 0 Å². The Morgan fingerprint density at radius 1 is 1.07 bits per heavy atom. The van der Waals surface area contributed by atoms with Gasteiger partial charge in [0.05, 0.1) is 0 Å². The molecule has 0 amide bonds. The number of carbonyl (C=O) groups excluding carboxylic acids is 1. The minimum Gasteiger partial charge on any atom is -0.454 e. The zero-order valence-corrected chi connectivity index (χ0v) is 17.1. The minimum absolute atomic E-state index is 0.0377. The highest BCUT2D eigenvalue weighted by Gasteiger charge is 2.41. The molecule has 2 heterocycles. The number of benzene rings is 2. The van der Waals surface area contributed by atoms with Crippen LogP contribution in [0.1, 0.15) is 43.7 Å². The summed E-state index contributed by atoms with van der Waals surface area (Å²) < 4.78 is 11.2. The Labute approximate surface area is 169 Å². The molecular formula is C23H23NO3S. The molecule has 0 saturated heterocycles. The second-order valence-electron chi connectivity index (χ2n) is 8.46. The second-order valence-corrected chi connectivity index (χ2v) is 9.34. The molecule has 5 heteroatoms. The van der Waals surface area contributed by atoms with Crippen LogP contribution in [0.2, 0.25) is 0 Å². The highest BCUT2D eigenvalue weighted by atomic mass is 32.2. The molecule has 144 valence electrons. The molecule has 2 aromatic carbocycles. The van der Waals surface area contributed by atoms with Crippen molar-refractivity contribution < 1.29 is 14.3 Å². The van der Waals surface area contributed by atoms with E-state index >= 15 is 0 Å². The van der Waals surface area contributed by atoms with Gasteiger partial charge in [0.2, 0.25) is 6.79 Å². The average Bonchev–Trinajstić information content (AvgIpc) is 3.11. The SMILES string of the molecule is CSc1ccc(C2C3=C(CC(C)(C)CC3=O)Nc3cc4c(cc32)OCO4)cc1. The molecule has 0 aromatic heterocycles. The highest BCUT2D eigenvalue weighted by Crippen LogP contribution is 2.51. The van der Waals surface area contributed by atoms with Gasteiger partial charge in [-0.15, -0.1) is 11.8 Å². The molecule has 28 heavy (non-hydrogen) atoms. The first-order chi connectivity index (χ1) is 13.4. The normalized spacial score (nSPS) is 21.8. The van der Waals surface area contributed by atoms with Crippen molar-refractivity contribution in [1.29, 1.82) is 0 Å². The van der Waals surface area contributed by atoms with E-state index in [9.17, 15) is 4.79 Å². The monoisotopic (exact) mass is 393 g/mol. The van der Waals surface area contributed by atoms with Gasteiger partial charge in [0.1, 0.15) is 0 Å². The summed E-state index contributed by atoms with van der Waals surface area (Å²) in [5.41, 5.74) is 5.14. The summed E-state index contributed by atoms with van der Waals surface area (Å²) in [5.74, 6) is 1.66. The average molecular weight is 394 g/mol. The molecule has 1 atom stereocenters. The quantitative estimate of drug-likeness (QED) is 0.698. The van der Waals surface area contributed by atoms with Crippen LogP contribution in [-0.4, -0.2) is 18.8 Å². The summed E-state index contributed by atoms with van der Waals surface area (Å²) in [6.07, 6.45) is 3.51. The number of nitrogens with one attached hydrogen (secondary N) is 1. The third kappa shape index (κ3) is 2.80. The number of allylic oxidation sites excluding steroid dienone is 2. The molecule has 0 fully saturated rings. The van der Waals surface area contributed by atoms with Crippen LogP contribution in [0.15, 0.2) is 52.6 Å². The van der Waals surface area contributed by atoms with Crippen molar-refractivity contribution in [2.75, 3.05) is 18.4 Å². The molecule has 0 saturated carbocycles. The summed E-state index contributed by atoms with van der Waals surface area (Å²) >= 11 is 1.72. The van der Waals surface area contributed by atoms with E-state index in [2.05, 4.69) is 49.7 Å². The summed E-state index contributed by atoms with van der Waals surface area (Å²) in [6, 6.07) is 12.6. The van der Waals surface area contributed by atoms with Crippen LogP contribution in [0.4, 0.5) is 5.69 Å². The minimum atomic E-state index is -0.0831. The smallest absolute Gasteiger partial charge is 0.231 e. The number of anilines is 1. The Bertz CT molecular complexity index is 1010. The van der Waals surface area contributed by atoms with Crippen LogP contribution >= 0.6 is 11.8 Å². The van der Waals surface area contributed by atoms with Gasteiger partial charge < -0.3 is 14.8 Å². The van der Waals surface area contributed by atoms with Gasteiger partial charge in [0, 0.05) is 40.3 Å². The van der Waals surface area contributed by atoms with Crippen molar-refractivity contribution in [3.63, 3.8) is 0 Å². The van der Waals surface area contributed by atoms with Crippen molar-refractivity contribution in [2.45, 2.75) is 37.5 Å². The largest absolute Gasteiger partial charge is 0.454 e. The molecule has 2 aromatic rings. The second kappa shape index (κ2) is 6.31. The standard InChI is InChI=1S/C23H23NO3S/c1-23(2)10-17-22(18(25)11-23)21(13-4-6-14(28-3)7-5-13)15-8-19-20(27-12-26-19)9-16(15)24-17/h4-9,21,24H,10-12H2,1-3H3. The summed E-state index contributed by atoms with van der Waals surface area (Å²) in [5, 5.41) is 3.56. The number of ketones is 1. The van der Waals surface area contributed by atoms with Gasteiger partial charge >= 0.3 is 0 Å². The fraction of sp³-hybridized carbons (Fsp3) is 0.348. The fourth-order valence-corrected chi connectivity index (χ4v) is 4.95. The lowest BCUT2D eigenvalue weighted by molar-refractivity contribution is -0.118. The van der Waals surface area contributed by atoms with E-state index in [0.29, 0.717) is 6.42 Å². The molecule has 0 radical (unpaired) electrons. The van der Waals surface area contributed by atoms with Crippen molar-refractivity contribution in [2.24, 2.45) is 5.41 Å². The van der Waals surface area contributed by atoms with Crippen molar-refractivity contribution in [3.8, 4) is 11.5 Å². The Morgan fingerprint density at radius 3 is 2.50 bits per heavy atom. The fourth-order valence-electron chi connectivity index (χ4n) is 4.55. The zero-order chi connectivity index (χ0) is 19.5. The number of rotatable bonds is 2. The van der Waals surface area contributed by atoms with Crippen molar-refractivity contribution in [1.82, 2.24) is 0 Å². The van der Waals surface area contributed by atoms with Crippen LogP contribution in [0.3, 0.4) is 0 Å². The molecule has 2 aliphatic heterocycles. The summed E-state index contributed by atoms with van der Waals surface area (Å²) in [7, 11) is 0. The number of Topliss-reactive ketones (excluding diaryl/α,β-unsaturated/α-hetero) is 1. The predicted molar refractivity (Wildman–Crippen MR) is 111 cm³/mol. The van der Waals surface area contributed by atoms with E-state index in [1.807, 2.05) is 12.1 Å². The first-order valence-corrected chi connectivity index (χ1v) is 10.8. The lowest BCUT2D eigenvalue weighted by Crippen LogP contribution is -2.33. The Kier molecular flexibility index (Phi) is 3.98. The Morgan fingerprint density at radius 2 is 1.79 bits per heavy atom. The maximum Gasteiger partial charge on any atom is 0.231 e. The first-order valence-electron chi connectivity index (χ1n) is 9.56. The summed E-state index contributed by atoms with van der Waals surface area (Å²) in [6.45, 7) is 4.56. The number of hydrogen-bond acceptors (Lipinski definition) is 5. The molecule has 0 bridgehead atoms. The topological polar surface area (TPSA) is 47.6 Å². The lowest BCUT2D eigenvalue weighted by Gasteiger charge is -2.39. The summed E-state index contributed by atoms with van der Waals surface area (Å²) in [4.78, 5) is 14.5. The van der Waals surface area contributed by atoms with E-state index in [4.69, 9.17) is 9.47 Å². The Balaban J connectivity index is 1.70. The maximum atomic E-state index is 13.2. The van der Waals surface area contributed by atoms with E-state index in [0.717, 1.165) is 46.0 Å². The van der Waals surface area contributed by atoms with Gasteiger partial charge in [-0.25, -0.2) is 0 Å². The zero-order valence-electron chi connectivity index (χ0n) is 16.3. The molecular weight excluding hydrogens is 370 g/mol. The van der Waals surface area contributed by atoms with Crippen LogP contribution in [0.25, 0.3) is 0 Å². The number of thioether (sulfide) groups is 1. The number of carbonyl (C=O) groups is 1. The maximum absolute atomic E-state index is 13.2. The van der Waals surface area contributed by atoms with Gasteiger partial charge in [0.15, 0.2) is 17.3 Å². The van der Waals surface area contributed by atoms with Gasteiger partial charge in [-0.05, 0) is 47.4 Å². The van der Waals surface area contributed by atoms with Gasteiger partial charge in [0.25, 0.3) is 0 Å². The van der Waals surface area contributed by atoms with E-state index in [1.165, 1.54) is 4.90 Å². The first kappa shape index (κ1) is 17.7. The molecule has 5 rings (SSSR count). The highest BCUT2D eigenvalue weighted by molar-refractivity contribution is 7.98. The van der Waals surface area contributed by atoms with Crippen molar-refractivity contribution in [3.05, 3.63) is 58.8 Å². The Hall–Kier alpha value is -2.40. The van der Waals surface area contributed by atoms with Crippen molar-refractivity contribution >= 4 is 23.2 Å². The number of ether oxygens (including phenoxy) is 2. The molecule has 3 aliphatic rings.